The minimum Gasteiger partial charge on any atom is -0.497 e. The van der Waals surface area contributed by atoms with Gasteiger partial charge in [0, 0.05) is 30.2 Å². The van der Waals surface area contributed by atoms with Gasteiger partial charge in [-0.15, -0.1) is 0 Å². The van der Waals surface area contributed by atoms with Gasteiger partial charge in [0.25, 0.3) is 0 Å². The van der Waals surface area contributed by atoms with E-state index in [2.05, 4.69) is 4.72 Å². The summed E-state index contributed by atoms with van der Waals surface area (Å²) in [4.78, 5) is 68.6. The normalized spacial score (nSPS) is 34.0. The molecule has 0 spiro atoms. The quantitative estimate of drug-likeness (QED) is 0.289. The Morgan fingerprint density at radius 3 is 2.42 bits per heavy atom. The highest BCUT2D eigenvalue weighted by Crippen LogP contribution is 2.60. The third-order valence-corrected chi connectivity index (χ3v) is 16.5. The molecule has 6 aliphatic rings. The standard InChI is InChI=1S/C43H56F2N4O9S/c1-7-25-33-21-49(36(25)31(50)20-43(19-28(43)37(44)45)40(53)48-59(54,55)42(5)13-14-42)39(52)27(41(2,3)4)18-34(51)57-32-16-23(32)10-8-9-22-15-26(22)35-38(58-33)47-30-17-24(56-6)11-12-29(30)46-35/h11-12,17,22-23,25-28,32-33,36-37H,7-10,13-16,18-21H2,1-6H3,(H,48,53)/t22?,23-,25-,26?,27-,28+,32-,33+,36+,43-/m1/s1. The lowest BCUT2D eigenvalue weighted by Gasteiger charge is -2.35. The highest BCUT2D eigenvalue weighted by Gasteiger charge is 2.67. The van der Waals surface area contributed by atoms with Crippen LogP contribution < -0.4 is 14.2 Å². The second kappa shape index (κ2) is 14.9. The van der Waals surface area contributed by atoms with Crippen LogP contribution in [0.3, 0.4) is 0 Å². The number of ether oxygens (including phenoxy) is 3. The number of esters is 1. The van der Waals surface area contributed by atoms with Gasteiger partial charge in [-0.3, -0.25) is 23.9 Å². The molecule has 13 nitrogen and oxygen atoms in total. The zero-order valence-corrected chi connectivity index (χ0v) is 35.5. The van der Waals surface area contributed by atoms with E-state index in [0.717, 1.165) is 32.1 Å². The summed E-state index contributed by atoms with van der Waals surface area (Å²) in [7, 11) is -2.64. The zero-order chi connectivity index (χ0) is 42.4. The van der Waals surface area contributed by atoms with Crippen molar-refractivity contribution < 1.29 is 50.6 Å². The lowest BCUT2D eigenvalue weighted by atomic mass is 9.77. The number of Topliss-reactive ketones (excluding diaryl/α,β-unsaturated/α-hetero) is 1. The minimum atomic E-state index is -4.20. The summed E-state index contributed by atoms with van der Waals surface area (Å²) in [5, 5.41) is 0. The van der Waals surface area contributed by atoms with E-state index in [1.54, 1.807) is 13.2 Å². The molecule has 4 saturated carbocycles. The fourth-order valence-electron chi connectivity index (χ4n) is 9.73. The van der Waals surface area contributed by atoms with Gasteiger partial charge < -0.3 is 19.1 Å². The molecule has 2 amide bonds. The molecule has 2 aliphatic heterocycles. The largest absolute Gasteiger partial charge is 0.497 e. The van der Waals surface area contributed by atoms with Gasteiger partial charge >= 0.3 is 5.97 Å². The molecule has 1 saturated heterocycles. The number of sulfonamides is 1. The smallest absolute Gasteiger partial charge is 0.306 e. The molecule has 10 atom stereocenters. The SMILES string of the molecule is CC[C@@H]1[C@@H]2CN(C(=O)[C@H](C(C)(C)C)CC(=O)O[C@@H]3C[C@H]3CCCC3CC3c3nc4ccc(OC)cc4nc3O2)[C@@H]1C(=O)C[C@]1(C(=O)NS(=O)(=O)C2(C)CC2)C[C@H]1C(F)F. The van der Waals surface area contributed by atoms with E-state index in [1.165, 1.54) is 11.8 Å². The first kappa shape index (κ1) is 41.8. The summed E-state index contributed by atoms with van der Waals surface area (Å²) in [6, 6.07) is 4.19. The number of carbonyl (C=O) groups excluding carboxylic acids is 4. The summed E-state index contributed by atoms with van der Waals surface area (Å²) < 4.78 is 74.2. The monoisotopic (exact) mass is 842 g/mol. The molecule has 16 heteroatoms. The lowest BCUT2D eigenvalue weighted by molar-refractivity contribution is -0.154. The molecule has 2 unspecified atom stereocenters. The summed E-state index contributed by atoms with van der Waals surface area (Å²) in [6.45, 7) is 8.74. The van der Waals surface area contributed by atoms with E-state index in [0.29, 0.717) is 47.7 Å². The first-order valence-corrected chi connectivity index (χ1v) is 22.7. The number of nitrogens with zero attached hydrogens (tertiary/aromatic N) is 3. The van der Waals surface area contributed by atoms with E-state index in [-0.39, 0.29) is 43.2 Å². The minimum absolute atomic E-state index is 0.0753. The van der Waals surface area contributed by atoms with Crippen molar-refractivity contribution in [3.05, 3.63) is 23.9 Å². The molecule has 0 radical (unpaired) electrons. The van der Waals surface area contributed by atoms with Gasteiger partial charge in [0.1, 0.15) is 23.7 Å². The fourth-order valence-corrected chi connectivity index (χ4v) is 11.1. The van der Waals surface area contributed by atoms with E-state index < -0.39 is 91.9 Å². The van der Waals surface area contributed by atoms with Gasteiger partial charge in [-0.2, -0.15) is 0 Å². The van der Waals surface area contributed by atoms with Crippen LogP contribution in [0.2, 0.25) is 0 Å². The van der Waals surface area contributed by atoms with Crippen LogP contribution in [-0.2, 0) is 33.9 Å². The molecule has 1 aromatic carbocycles. The number of methoxy groups -OCH3 is 1. The van der Waals surface area contributed by atoms with E-state index in [9.17, 15) is 36.4 Å². The Balaban J connectivity index is 1.18. The highest BCUT2D eigenvalue weighted by molar-refractivity contribution is 7.91. The Labute approximate surface area is 344 Å². The summed E-state index contributed by atoms with van der Waals surface area (Å²) >= 11 is 0. The first-order chi connectivity index (χ1) is 27.8. The number of benzene rings is 1. The first-order valence-electron chi connectivity index (χ1n) is 21.2. The van der Waals surface area contributed by atoms with Crippen molar-refractivity contribution in [3.63, 3.8) is 0 Å². The van der Waals surface area contributed by atoms with Gasteiger partial charge in [0.05, 0.1) is 53.2 Å². The fraction of sp³-hybridized carbons (Fsp3) is 0.721. The predicted molar refractivity (Wildman–Crippen MR) is 211 cm³/mol. The maximum absolute atomic E-state index is 15.0. The van der Waals surface area contributed by atoms with Gasteiger partial charge in [-0.05, 0) is 87.7 Å². The number of alkyl halides is 2. The van der Waals surface area contributed by atoms with Crippen LogP contribution in [0.5, 0.6) is 11.6 Å². The number of rotatable bonds is 9. The molecule has 2 bridgehead atoms. The van der Waals surface area contributed by atoms with Crippen molar-refractivity contribution in [2.24, 2.45) is 40.4 Å². The second-order valence-corrected chi connectivity index (χ2v) is 21.6. The average Bonchev–Trinajstić information content (AvgIpc) is 4.01. The molecule has 8 rings (SSSR count). The molecule has 322 valence electrons. The van der Waals surface area contributed by atoms with E-state index >= 15 is 0 Å². The van der Waals surface area contributed by atoms with E-state index in [1.807, 2.05) is 39.8 Å². The average molecular weight is 843 g/mol. The number of hydrogen-bond acceptors (Lipinski definition) is 11. The number of hydrogen-bond donors (Lipinski definition) is 1. The number of amides is 2. The van der Waals surface area contributed by atoms with Crippen molar-refractivity contribution >= 4 is 44.6 Å². The maximum atomic E-state index is 15.0. The third kappa shape index (κ3) is 7.91. The Morgan fingerprint density at radius 1 is 1.05 bits per heavy atom. The molecule has 1 aromatic heterocycles. The summed E-state index contributed by atoms with van der Waals surface area (Å²) in [6.07, 6.45) is 0.148. The van der Waals surface area contributed by atoms with Crippen LogP contribution in [0.25, 0.3) is 11.0 Å². The van der Waals surface area contributed by atoms with Crippen LogP contribution >= 0.6 is 0 Å². The number of nitrogens with one attached hydrogen (secondary N) is 1. The number of carbonyl (C=O) groups is 4. The van der Waals surface area contributed by atoms with Gasteiger partial charge in [-0.1, -0.05) is 34.1 Å². The lowest BCUT2D eigenvalue weighted by Crippen LogP contribution is -2.50. The number of ketones is 1. The Morgan fingerprint density at radius 2 is 1.78 bits per heavy atom. The molecule has 4 aliphatic carbocycles. The number of fused-ring (bicyclic) bond motifs is 7. The molecule has 59 heavy (non-hydrogen) atoms. The molecular weight excluding hydrogens is 787 g/mol. The van der Waals surface area contributed by atoms with Crippen LogP contribution in [0, 0.1) is 40.4 Å². The van der Waals surface area contributed by atoms with Crippen molar-refractivity contribution in [2.45, 2.75) is 141 Å². The van der Waals surface area contributed by atoms with Crippen molar-refractivity contribution in [3.8, 4) is 11.6 Å². The molecule has 2 aromatic rings. The molecular formula is C43H56F2N4O9S. The van der Waals surface area contributed by atoms with Crippen LogP contribution in [0.1, 0.15) is 117 Å². The molecule has 5 fully saturated rings. The second-order valence-electron chi connectivity index (χ2n) is 19.4. The van der Waals surface area contributed by atoms with E-state index in [4.69, 9.17) is 24.2 Å². The van der Waals surface area contributed by atoms with Gasteiger partial charge in [0.15, 0.2) is 5.78 Å². The third-order valence-electron chi connectivity index (χ3n) is 14.3. The van der Waals surface area contributed by atoms with Crippen LogP contribution in [-0.4, -0.2) is 89.9 Å². The summed E-state index contributed by atoms with van der Waals surface area (Å²) in [5.41, 5.74) is -0.848. The molecule has 1 N–H and O–H groups in total. The summed E-state index contributed by atoms with van der Waals surface area (Å²) in [5.74, 6) is -4.38. The van der Waals surface area contributed by atoms with Crippen LogP contribution in [0.15, 0.2) is 18.2 Å². The maximum Gasteiger partial charge on any atom is 0.306 e. The topological polar surface area (TPSA) is 171 Å². The van der Waals surface area contributed by atoms with Crippen molar-refractivity contribution in [2.75, 3.05) is 13.7 Å². The number of aromatic nitrogens is 2. The highest BCUT2D eigenvalue weighted by atomic mass is 32.2. The Hall–Kier alpha value is -3.95. The molecule has 3 heterocycles. The Bertz CT molecular complexity index is 2160. The Kier molecular flexibility index (Phi) is 10.5. The van der Waals surface area contributed by atoms with Crippen molar-refractivity contribution in [1.82, 2.24) is 19.6 Å². The van der Waals surface area contributed by atoms with Crippen LogP contribution in [0.4, 0.5) is 8.78 Å². The zero-order valence-electron chi connectivity index (χ0n) is 34.7. The van der Waals surface area contributed by atoms with Gasteiger partial charge in [0.2, 0.25) is 34.1 Å². The van der Waals surface area contributed by atoms with Crippen molar-refractivity contribution in [1.29, 1.82) is 0 Å². The predicted octanol–water partition coefficient (Wildman–Crippen LogP) is 6.12. The number of halogens is 2. The van der Waals surface area contributed by atoms with Gasteiger partial charge in [-0.25, -0.2) is 27.2 Å².